The summed E-state index contributed by atoms with van der Waals surface area (Å²) in [4.78, 5) is 10.1. The number of benzene rings is 1. The molecule has 1 fully saturated rings. The summed E-state index contributed by atoms with van der Waals surface area (Å²) in [6.45, 7) is 1.91. The zero-order valence-corrected chi connectivity index (χ0v) is 16.2. The Kier molecular flexibility index (Phi) is 4.53. The van der Waals surface area contributed by atoms with Crippen molar-refractivity contribution in [1.29, 1.82) is 0 Å². The van der Waals surface area contributed by atoms with Gasteiger partial charge in [0.15, 0.2) is 0 Å². The number of nitrogens with zero attached hydrogens (tertiary/aromatic N) is 2. The van der Waals surface area contributed by atoms with Crippen LogP contribution in [-0.4, -0.2) is 39.4 Å². The number of rotatable bonds is 3. The lowest BCUT2D eigenvalue weighted by Gasteiger charge is -2.29. The number of nitrogens with one attached hydrogen (secondary N) is 1. The van der Waals surface area contributed by atoms with E-state index < -0.39 is 0 Å². The molecule has 0 amide bonds. The van der Waals surface area contributed by atoms with Gasteiger partial charge in [-0.25, -0.2) is 4.39 Å². The maximum Gasteiger partial charge on any atom is 0.123 e. The lowest BCUT2D eigenvalue weighted by Crippen LogP contribution is -2.33. The van der Waals surface area contributed by atoms with Crippen LogP contribution >= 0.6 is 11.6 Å². The Balaban J connectivity index is 1.60. The molecule has 2 atom stereocenters. The number of halogens is 2. The molecule has 5 heteroatoms. The third-order valence-electron chi connectivity index (χ3n) is 5.83. The number of fused-ring (bicyclic) bond motifs is 1. The summed E-state index contributed by atoms with van der Waals surface area (Å²) < 4.78 is 13.4. The Morgan fingerprint density at radius 1 is 1.07 bits per heavy atom. The average molecular weight is 394 g/mol. The van der Waals surface area contributed by atoms with Crippen molar-refractivity contribution >= 4 is 17.2 Å². The van der Waals surface area contributed by atoms with Crippen molar-refractivity contribution in [1.82, 2.24) is 14.9 Å². The molecule has 3 aromatic rings. The first-order valence-corrected chi connectivity index (χ1v) is 10.1. The standard InChI is InChI=1S/C23H21ClFN3/c24-18-12-20-11-17(7-10-28(20)14-18)21-13-27-23(16-1-3-19(25)4-2-16)22(21)15-5-8-26-9-6-15/h1-9,13,18,20,27H,10-12,14H2. The molecule has 2 aliphatic heterocycles. The molecule has 28 heavy (non-hydrogen) atoms. The van der Waals surface area contributed by atoms with E-state index in [1.54, 1.807) is 0 Å². The molecule has 2 unspecified atom stereocenters. The lowest BCUT2D eigenvalue weighted by atomic mass is 9.89. The van der Waals surface area contributed by atoms with Crippen LogP contribution in [0.4, 0.5) is 4.39 Å². The highest BCUT2D eigenvalue weighted by atomic mass is 35.5. The van der Waals surface area contributed by atoms with Crippen LogP contribution in [0.3, 0.4) is 0 Å². The Labute approximate surface area is 168 Å². The maximum atomic E-state index is 13.4. The number of alkyl halides is 1. The molecule has 0 radical (unpaired) electrons. The van der Waals surface area contributed by atoms with Gasteiger partial charge in [-0.05, 0) is 65.9 Å². The summed E-state index contributed by atoms with van der Waals surface area (Å²) in [5.41, 5.74) is 6.79. The van der Waals surface area contributed by atoms with Crippen molar-refractivity contribution < 1.29 is 4.39 Å². The van der Waals surface area contributed by atoms with E-state index in [4.69, 9.17) is 11.6 Å². The molecule has 4 heterocycles. The third-order valence-corrected chi connectivity index (χ3v) is 6.15. The lowest BCUT2D eigenvalue weighted by molar-refractivity contribution is 0.275. The Hall–Kier alpha value is -2.43. The fourth-order valence-corrected chi connectivity index (χ4v) is 4.87. The van der Waals surface area contributed by atoms with E-state index in [0.717, 1.165) is 48.3 Å². The largest absolute Gasteiger partial charge is 0.360 e. The van der Waals surface area contributed by atoms with Gasteiger partial charge in [-0.1, -0.05) is 6.08 Å². The molecule has 0 spiro atoms. The summed E-state index contributed by atoms with van der Waals surface area (Å²) in [6, 6.07) is 11.2. The molecular formula is C23H21ClFN3. The van der Waals surface area contributed by atoms with E-state index in [-0.39, 0.29) is 11.2 Å². The number of hydrogen-bond acceptors (Lipinski definition) is 2. The number of aromatic amines is 1. The van der Waals surface area contributed by atoms with E-state index in [0.29, 0.717) is 6.04 Å². The van der Waals surface area contributed by atoms with Gasteiger partial charge in [-0.3, -0.25) is 9.88 Å². The van der Waals surface area contributed by atoms with Crippen LogP contribution in [0, 0.1) is 5.82 Å². The zero-order chi connectivity index (χ0) is 19.1. The van der Waals surface area contributed by atoms with Crippen LogP contribution in [0.2, 0.25) is 0 Å². The van der Waals surface area contributed by atoms with Crippen LogP contribution in [0.25, 0.3) is 28.0 Å². The minimum absolute atomic E-state index is 0.229. The second kappa shape index (κ2) is 7.19. The first kappa shape index (κ1) is 17.7. The van der Waals surface area contributed by atoms with Crippen molar-refractivity contribution in [3.63, 3.8) is 0 Å². The third kappa shape index (κ3) is 3.17. The van der Waals surface area contributed by atoms with Crippen LogP contribution in [-0.2, 0) is 0 Å². The van der Waals surface area contributed by atoms with E-state index in [2.05, 4.69) is 27.1 Å². The van der Waals surface area contributed by atoms with Crippen LogP contribution in [0.5, 0.6) is 0 Å². The first-order chi connectivity index (χ1) is 13.7. The molecule has 0 bridgehead atoms. The molecule has 2 aromatic heterocycles. The van der Waals surface area contributed by atoms with Crippen molar-refractivity contribution in [3.8, 4) is 22.4 Å². The van der Waals surface area contributed by atoms with Crippen LogP contribution in [0.1, 0.15) is 18.4 Å². The van der Waals surface area contributed by atoms with Gasteiger partial charge in [-0.15, -0.1) is 11.6 Å². The highest BCUT2D eigenvalue weighted by molar-refractivity contribution is 6.21. The average Bonchev–Trinajstić information content (AvgIpc) is 3.31. The number of hydrogen-bond donors (Lipinski definition) is 1. The van der Waals surface area contributed by atoms with E-state index >= 15 is 0 Å². The van der Waals surface area contributed by atoms with Gasteiger partial charge < -0.3 is 4.98 Å². The maximum absolute atomic E-state index is 13.4. The molecule has 1 saturated heterocycles. The second-order valence-corrected chi connectivity index (χ2v) is 8.19. The minimum Gasteiger partial charge on any atom is -0.360 e. The fraction of sp³-hybridized carbons (Fsp3) is 0.261. The molecule has 1 aromatic carbocycles. The van der Waals surface area contributed by atoms with Crippen molar-refractivity contribution in [3.05, 3.63) is 72.4 Å². The molecule has 2 aliphatic rings. The monoisotopic (exact) mass is 393 g/mol. The van der Waals surface area contributed by atoms with Gasteiger partial charge in [0.2, 0.25) is 0 Å². The van der Waals surface area contributed by atoms with E-state index in [1.807, 2.05) is 36.7 Å². The fourth-order valence-electron chi connectivity index (χ4n) is 4.48. The Morgan fingerprint density at radius 3 is 2.64 bits per heavy atom. The predicted octanol–water partition coefficient (Wildman–Crippen LogP) is 5.35. The van der Waals surface area contributed by atoms with Gasteiger partial charge >= 0.3 is 0 Å². The van der Waals surface area contributed by atoms with Gasteiger partial charge in [0.05, 0.1) is 5.69 Å². The topological polar surface area (TPSA) is 31.9 Å². The van der Waals surface area contributed by atoms with Crippen LogP contribution in [0.15, 0.2) is 61.1 Å². The molecule has 0 saturated carbocycles. The zero-order valence-electron chi connectivity index (χ0n) is 15.4. The summed E-state index contributed by atoms with van der Waals surface area (Å²) in [5, 5.41) is 0.249. The first-order valence-electron chi connectivity index (χ1n) is 9.64. The van der Waals surface area contributed by atoms with Gasteiger partial charge in [0.1, 0.15) is 5.82 Å². The molecule has 142 valence electrons. The van der Waals surface area contributed by atoms with Gasteiger partial charge in [0, 0.05) is 54.2 Å². The number of pyridine rings is 1. The number of H-pyrrole nitrogens is 1. The summed E-state index contributed by atoms with van der Waals surface area (Å²) in [6.07, 6.45) is 10.1. The second-order valence-electron chi connectivity index (χ2n) is 7.57. The van der Waals surface area contributed by atoms with Crippen molar-refractivity contribution in [2.24, 2.45) is 0 Å². The summed E-state index contributed by atoms with van der Waals surface area (Å²) in [5.74, 6) is -0.229. The Morgan fingerprint density at radius 2 is 1.86 bits per heavy atom. The quantitative estimate of drug-likeness (QED) is 0.608. The highest BCUT2D eigenvalue weighted by Crippen LogP contribution is 2.41. The van der Waals surface area contributed by atoms with Gasteiger partial charge in [0.25, 0.3) is 0 Å². The normalized spacial score (nSPS) is 22.1. The minimum atomic E-state index is -0.229. The van der Waals surface area contributed by atoms with Gasteiger partial charge in [-0.2, -0.15) is 0 Å². The van der Waals surface area contributed by atoms with Crippen molar-refractivity contribution in [2.75, 3.05) is 13.1 Å². The summed E-state index contributed by atoms with van der Waals surface area (Å²) in [7, 11) is 0. The van der Waals surface area contributed by atoms with Crippen LogP contribution < -0.4 is 0 Å². The SMILES string of the molecule is Fc1ccc(-c2[nH]cc(C3=CCN4CC(Cl)CC4C3)c2-c2ccncc2)cc1. The van der Waals surface area contributed by atoms with E-state index in [9.17, 15) is 4.39 Å². The predicted molar refractivity (Wildman–Crippen MR) is 112 cm³/mol. The summed E-state index contributed by atoms with van der Waals surface area (Å²) >= 11 is 6.40. The molecule has 0 aliphatic carbocycles. The van der Waals surface area contributed by atoms with E-state index in [1.165, 1.54) is 23.3 Å². The molecular weight excluding hydrogens is 373 g/mol. The molecule has 3 nitrogen and oxygen atoms in total. The van der Waals surface area contributed by atoms with Crippen molar-refractivity contribution in [2.45, 2.75) is 24.3 Å². The Bertz CT molecular complexity index is 1010. The molecule has 5 rings (SSSR count). The molecule has 1 N–H and O–H groups in total. The number of aromatic nitrogens is 2. The highest BCUT2D eigenvalue weighted by Gasteiger charge is 2.34. The smallest absolute Gasteiger partial charge is 0.123 e.